The number of benzene rings is 2. The third-order valence-electron chi connectivity index (χ3n) is 5.19. The average molecular weight is 349 g/mol. The van der Waals surface area contributed by atoms with E-state index in [0.29, 0.717) is 0 Å². The van der Waals surface area contributed by atoms with E-state index in [1.807, 2.05) is 22.8 Å². The molecule has 26 heavy (non-hydrogen) atoms. The third kappa shape index (κ3) is 2.83. The van der Waals surface area contributed by atoms with Gasteiger partial charge in [-0.25, -0.2) is 0 Å². The summed E-state index contributed by atoms with van der Waals surface area (Å²) >= 11 is 0. The molecule has 6 nitrogen and oxygen atoms in total. The third-order valence-corrected chi connectivity index (χ3v) is 5.19. The van der Waals surface area contributed by atoms with E-state index < -0.39 is 4.92 Å². The molecule has 1 aliphatic carbocycles. The van der Waals surface area contributed by atoms with Crippen molar-refractivity contribution in [3.05, 3.63) is 76.5 Å². The molecule has 1 aromatic heterocycles. The summed E-state index contributed by atoms with van der Waals surface area (Å²) in [5.74, 6) is -0.0515. The summed E-state index contributed by atoms with van der Waals surface area (Å²) in [6.07, 6.45) is 4.79. The van der Waals surface area contributed by atoms with Gasteiger partial charge >= 0.3 is 0 Å². The second-order valence-corrected chi connectivity index (χ2v) is 6.79. The predicted octanol–water partition coefficient (Wildman–Crippen LogP) is 3.75. The van der Waals surface area contributed by atoms with Crippen molar-refractivity contribution in [3.8, 4) is 0 Å². The van der Waals surface area contributed by atoms with Crippen molar-refractivity contribution >= 4 is 22.5 Å². The lowest BCUT2D eigenvalue weighted by Gasteiger charge is -2.43. The fourth-order valence-corrected chi connectivity index (χ4v) is 3.67. The highest BCUT2D eigenvalue weighted by Crippen LogP contribution is 2.41. The number of fused-ring (bicyclic) bond motifs is 1. The monoisotopic (exact) mass is 349 g/mol. The summed E-state index contributed by atoms with van der Waals surface area (Å²) in [7, 11) is 0. The normalized spacial score (nSPS) is 15.4. The first-order valence-electron chi connectivity index (χ1n) is 8.67. The zero-order valence-electron chi connectivity index (χ0n) is 14.2. The lowest BCUT2D eigenvalue weighted by molar-refractivity contribution is -0.384. The number of rotatable bonds is 5. The van der Waals surface area contributed by atoms with Crippen molar-refractivity contribution in [3.63, 3.8) is 0 Å². The minimum atomic E-state index is -0.413. The van der Waals surface area contributed by atoms with Gasteiger partial charge in [-0.15, -0.1) is 0 Å². The van der Waals surface area contributed by atoms with Crippen LogP contribution in [0.1, 0.15) is 24.8 Å². The highest BCUT2D eigenvalue weighted by Gasteiger charge is 2.39. The summed E-state index contributed by atoms with van der Waals surface area (Å²) in [5, 5.41) is 14.9. The summed E-state index contributed by atoms with van der Waals surface area (Å²) in [6, 6.07) is 16.6. The number of carbonyl (C=O) groups is 1. The van der Waals surface area contributed by atoms with Crippen LogP contribution in [0.15, 0.2) is 60.8 Å². The molecule has 4 rings (SSSR count). The van der Waals surface area contributed by atoms with Crippen molar-refractivity contribution in [2.75, 3.05) is 0 Å². The molecule has 0 unspecified atom stereocenters. The number of aromatic nitrogens is 1. The van der Waals surface area contributed by atoms with Crippen LogP contribution in [0.2, 0.25) is 0 Å². The summed E-state index contributed by atoms with van der Waals surface area (Å²) in [6.45, 7) is 0.190. The molecule has 0 bridgehead atoms. The summed E-state index contributed by atoms with van der Waals surface area (Å²) < 4.78 is 1.83. The minimum absolute atomic E-state index is 0.0515. The molecular weight excluding hydrogens is 330 g/mol. The van der Waals surface area contributed by atoms with Gasteiger partial charge in [0.1, 0.15) is 6.54 Å². The quantitative estimate of drug-likeness (QED) is 0.563. The van der Waals surface area contributed by atoms with Gasteiger partial charge in [-0.05, 0) is 37.0 Å². The van der Waals surface area contributed by atoms with E-state index in [2.05, 4.69) is 17.4 Å². The van der Waals surface area contributed by atoms with E-state index in [4.69, 9.17) is 0 Å². The van der Waals surface area contributed by atoms with E-state index >= 15 is 0 Å². The average Bonchev–Trinajstić information content (AvgIpc) is 3.01. The molecule has 1 aliphatic rings. The maximum atomic E-state index is 12.7. The van der Waals surface area contributed by atoms with Crippen LogP contribution in [-0.4, -0.2) is 15.4 Å². The second kappa shape index (κ2) is 6.29. The number of nitro benzene ring substituents is 1. The second-order valence-electron chi connectivity index (χ2n) is 6.79. The van der Waals surface area contributed by atoms with Gasteiger partial charge in [0, 0.05) is 29.2 Å². The molecule has 132 valence electrons. The molecule has 0 spiro atoms. The Morgan fingerprint density at radius 2 is 1.92 bits per heavy atom. The van der Waals surface area contributed by atoms with Crippen LogP contribution in [0, 0.1) is 10.1 Å². The smallest absolute Gasteiger partial charge is 0.270 e. The molecular formula is C20H19N3O3. The number of non-ortho nitro benzene ring substituents is 1. The maximum absolute atomic E-state index is 12.7. The van der Waals surface area contributed by atoms with Crippen LogP contribution < -0.4 is 5.32 Å². The molecule has 1 saturated carbocycles. The van der Waals surface area contributed by atoms with Crippen molar-refractivity contribution in [1.29, 1.82) is 0 Å². The number of nitrogens with one attached hydrogen (secondary N) is 1. The van der Waals surface area contributed by atoms with Crippen LogP contribution in [0.5, 0.6) is 0 Å². The molecule has 1 N–H and O–H groups in total. The lowest BCUT2D eigenvalue weighted by Crippen LogP contribution is -2.51. The number of hydrogen-bond donors (Lipinski definition) is 1. The molecule has 6 heteroatoms. The van der Waals surface area contributed by atoms with Crippen LogP contribution in [0.3, 0.4) is 0 Å². The highest BCUT2D eigenvalue weighted by molar-refractivity contribution is 5.85. The van der Waals surface area contributed by atoms with Crippen LogP contribution in [-0.2, 0) is 16.9 Å². The van der Waals surface area contributed by atoms with E-state index in [1.54, 1.807) is 18.3 Å². The topological polar surface area (TPSA) is 77.2 Å². The van der Waals surface area contributed by atoms with E-state index in [9.17, 15) is 14.9 Å². The summed E-state index contributed by atoms with van der Waals surface area (Å²) in [5.41, 5.74) is 1.75. The number of nitrogens with zero attached hydrogens (tertiary/aromatic N) is 2. The zero-order valence-corrected chi connectivity index (χ0v) is 14.2. The van der Waals surface area contributed by atoms with Gasteiger partial charge in [0.25, 0.3) is 5.69 Å². The first-order chi connectivity index (χ1) is 12.6. The molecule has 1 fully saturated rings. The van der Waals surface area contributed by atoms with Crippen LogP contribution in [0.4, 0.5) is 5.69 Å². The fourth-order valence-electron chi connectivity index (χ4n) is 3.67. The van der Waals surface area contributed by atoms with Crippen LogP contribution in [0.25, 0.3) is 10.9 Å². The molecule has 0 aliphatic heterocycles. The Kier molecular flexibility index (Phi) is 3.95. The Bertz CT molecular complexity index is 974. The Hall–Kier alpha value is -3.15. The van der Waals surface area contributed by atoms with Crippen molar-refractivity contribution in [1.82, 2.24) is 9.88 Å². The van der Waals surface area contributed by atoms with Gasteiger partial charge in [-0.2, -0.15) is 0 Å². The van der Waals surface area contributed by atoms with Crippen molar-refractivity contribution < 1.29 is 9.72 Å². The SMILES string of the molecule is O=C(Cn1ccc2cc([N+](=O)[O-])ccc21)NC1(c2ccccc2)CCC1. The molecule has 0 saturated heterocycles. The number of hydrogen-bond acceptors (Lipinski definition) is 3. The van der Waals surface area contributed by atoms with Gasteiger partial charge in [0.15, 0.2) is 0 Å². The standard InChI is InChI=1S/C20H19N3O3/c24-19(21-20(10-4-11-20)16-5-2-1-3-6-16)14-22-12-9-15-13-17(23(25)26)7-8-18(15)22/h1-3,5-9,12-13H,4,10-11,14H2,(H,21,24). The first-order valence-corrected chi connectivity index (χ1v) is 8.67. The van der Waals surface area contributed by atoms with Crippen molar-refractivity contribution in [2.45, 2.75) is 31.3 Å². The Morgan fingerprint density at radius 3 is 2.58 bits per heavy atom. The zero-order chi connectivity index (χ0) is 18.1. The molecule has 3 aromatic rings. The Morgan fingerprint density at radius 1 is 1.15 bits per heavy atom. The van der Waals surface area contributed by atoms with Gasteiger partial charge < -0.3 is 9.88 Å². The van der Waals surface area contributed by atoms with Crippen LogP contribution >= 0.6 is 0 Å². The highest BCUT2D eigenvalue weighted by atomic mass is 16.6. The Labute approximate surface area is 150 Å². The Balaban J connectivity index is 1.53. The van der Waals surface area contributed by atoms with E-state index in [-0.39, 0.29) is 23.7 Å². The molecule has 1 heterocycles. The first kappa shape index (κ1) is 16.3. The molecule has 2 aromatic carbocycles. The maximum Gasteiger partial charge on any atom is 0.270 e. The largest absolute Gasteiger partial charge is 0.345 e. The van der Waals surface area contributed by atoms with Gasteiger partial charge in [0.2, 0.25) is 5.91 Å². The van der Waals surface area contributed by atoms with Gasteiger partial charge in [0.05, 0.1) is 10.5 Å². The number of carbonyl (C=O) groups excluding carboxylic acids is 1. The van der Waals surface area contributed by atoms with E-state index in [0.717, 1.165) is 35.7 Å². The predicted molar refractivity (Wildman–Crippen MR) is 98.7 cm³/mol. The molecule has 0 radical (unpaired) electrons. The number of amides is 1. The fraction of sp³-hybridized carbons (Fsp3) is 0.250. The van der Waals surface area contributed by atoms with E-state index in [1.165, 1.54) is 12.1 Å². The molecule has 0 atom stereocenters. The minimum Gasteiger partial charge on any atom is -0.345 e. The van der Waals surface area contributed by atoms with Gasteiger partial charge in [-0.3, -0.25) is 14.9 Å². The molecule has 1 amide bonds. The van der Waals surface area contributed by atoms with Crippen molar-refractivity contribution in [2.24, 2.45) is 0 Å². The lowest BCUT2D eigenvalue weighted by atomic mass is 9.72. The van der Waals surface area contributed by atoms with Gasteiger partial charge in [-0.1, -0.05) is 30.3 Å². The number of nitro groups is 1. The summed E-state index contributed by atoms with van der Waals surface area (Å²) in [4.78, 5) is 23.2.